The molecule has 0 radical (unpaired) electrons. The topological polar surface area (TPSA) is 29.1 Å². The molecule has 0 aromatic heterocycles. The van der Waals surface area contributed by atoms with Gasteiger partial charge < -0.3 is 5.32 Å². The summed E-state index contributed by atoms with van der Waals surface area (Å²) < 4.78 is 0. The molecular weight excluding hydrogens is 377 g/mol. The Labute approximate surface area is 170 Å². The number of benzene rings is 3. The lowest BCUT2D eigenvalue weighted by atomic mass is 9.86. The van der Waals surface area contributed by atoms with Gasteiger partial charge in [0, 0.05) is 27.6 Å². The van der Waals surface area contributed by atoms with Gasteiger partial charge in [-0.2, -0.15) is 0 Å². The Morgan fingerprint density at radius 2 is 1.41 bits per heavy atom. The van der Waals surface area contributed by atoms with Gasteiger partial charge in [-0.1, -0.05) is 65.7 Å². The number of carbonyl (C=O) groups is 1. The van der Waals surface area contributed by atoms with Crippen molar-refractivity contribution >= 4 is 29.1 Å². The Kier molecular flexibility index (Phi) is 6.54. The number of halogens is 2. The second-order valence-corrected chi connectivity index (χ2v) is 7.49. The van der Waals surface area contributed by atoms with Crippen molar-refractivity contribution in [3.63, 3.8) is 0 Å². The Hall–Kier alpha value is -2.29. The largest absolute Gasteiger partial charge is 0.349 e. The lowest BCUT2D eigenvalue weighted by Crippen LogP contribution is -2.37. The number of nitrogens with one attached hydrogen (secondary N) is 1. The highest BCUT2D eigenvalue weighted by atomic mass is 35.5. The molecule has 0 saturated heterocycles. The first-order chi connectivity index (χ1) is 13.0. The summed E-state index contributed by atoms with van der Waals surface area (Å²) in [6.07, 6.45) is 0.787. The molecule has 0 aliphatic carbocycles. The average Bonchev–Trinajstić information content (AvgIpc) is 2.69. The maximum Gasteiger partial charge on any atom is 0.251 e. The van der Waals surface area contributed by atoms with E-state index in [1.54, 1.807) is 0 Å². The third kappa shape index (κ3) is 5.35. The third-order valence-corrected chi connectivity index (χ3v) is 5.17. The molecule has 0 spiro atoms. The van der Waals surface area contributed by atoms with Crippen molar-refractivity contribution in [1.82, 2.24) is 5.32 Å². The highest BCUT2D eigenvalue weighted by Crippen LogP contribution is 2.27. The van der Waals surface area contributed by atoms with Crippen molar-refractivity contribution in [3.8, 4) is 0 Å². The minimum atomic E-state index is -0.0711. The summed E-state index contributed by atoms with van der Waals surface area (Å²) in [6, 6.07) is 24.9. The number of hydrogen-bond acceptors (Lipinski definition) is 1. The molecule has 0 aliphatic rings. The molecular formula is C23H21Cl2NO. The SMILES string of the molecule is CC(NC(=O)c1ccccc1)[C@H](Cc1ccc(Cl)cc1)c1ccc(Cl)cc1. The minimum Gasteiger partial charge on any atom is -0.349 e. The summed E-state index contributed by atoms with van der Waals surface area (Å²) in [6.45, 7) is 2.04. The van der Waals surface area contributed by atoms with Crippen molar-refractivity contribution in [1.29, 1.82) is 0 Å². The summed E-state index contributed by atoms with van der Waals surface area (Å²) in [5.41, 5.74) is 2.96. The summed E-state index contributed by atoms with van der Waals surface area (Å²) in [5, 5.41) is 4.56. The van der Waals surface area contributed by atoms with Gasteiger partial charge in [-0.3, -0.25) is 4.79 Å². The van der Waals surface area contributed by atoms with Gasteiger partial charge in [-0.25, -0.2) is 0 Å². The van der Waals surface area contributed by atoms with Gasteiger partial charge in [0.25, 0.3) is 5.91 Å². The van der Waals surface area contributed by atoms with Gasteiger partial charge in [0.15, 0.2) is 0 Å². The van der Waals surface area contributed by atoms with Crippen LogP contribution in [0.4, 0.5) is 0 Å². The molecule has 0 bridgehead atoms. The third-order valence-electron chi connectivity index (χ3n) is 4.67. The second-order valence-electron chi connectivity index (χ2n) is 6.62. The predicted molar refractivity (Wildman–Crippen MR) is 113 cm³/mol. The summed E-state index contributed by atoms with van der Waals surface area (Å²) >= 11 is 12.1. The van der Waals surface area contributed by atoms with Crippen molar-refractivity contribution < 1.29 is 4.79 Å². The van der Waals surface area contributed by atoms with Crippen LogP contribution in [-0.4, -0.2) is 11.9 Å². The van der Waals surface area contributed by atoms with Gasteiger partial charge >= 0.3 is 0 Å². The van der Waals surface area contributed by atoms with E-state index in [2.05, 4.69) is 5.32 Å². The van der Waals surface area contributed by atoms with Gasteiger partial charge in [-0.05, 0) is 60.9 Å². The fraction of sp³-hybridized carbons (Fsp3) is 0.174. The molecule has 138 valence electrons. The number of amides is 1. The first-order valence-corrected chi connectivity index (χ1v) is 9.64. The molecule has 1 unspecified atom stereocenters. The zero-order valence-electron chi connectivity index (χ0n) is 15.0. The fourth-order valence-corrected chi connectivity index (χ4v) is 3.40. The Balaban J connectivity index is 1.82. The first kappa shape index (κ1) is 19.5. The quantitative estimate of drug-likeness (QED) is 0.531. The molecule has 2 nitrogen and oxygen atoms in total. The Bertz CT molecular complexity index is 877. The van der Waals surface area contributed by atoms with E-state index < -0.39 is 0 Å². The molecule has 0 heterocycles. The van der Waals surface area contributed by atoms with E-state index in [1.807, 2.05) is 85.8 Å². The van der Waals surface area contributed by atoms with Gasteiger partial charge in [-0.15, -0.1) is 0 Å². The zero-order chi connectivity index (χ0) is 19.2. The van der Waals surface area contributed by atoms with Crippen LogP contribution in [0, 0.1) is 0 Å². The van der Waals surface area contributed by atoms with Crippen molar-refractivity contribution in [2.45, 2.75) is 25.3 Å². The van der Waals surface area contributed by atoms with Crippen LogP contribution >= 0.6 is 23.2 Å². The number of rotatable bonds is 6. The van der Waals surface area contributed by atoms with Crippen molar-refractivity contribution in [2.75, 3.05) is 0 Å². The van der Waals surface area contributed by atoms with Crippen molar-refractivity contribution in [3.05, 3.63) is 106 Å². The highest BCUT2D eigenvalue weighted by molar-refractivity contribution is 6.30. The van der Waals surface area contributed by atoms with E-state index in [4.69, 9.17) is 23.2 Å². The maximum atomic E-state index is 12.6. The molecule has 3 aromatic carbocycles. The molecule has 3 rings (SSSR count). The summed E-state index contributed by atoms with van der Waals surface area (Å²) in [5.74, 6) is 0.0364. The zero-order valence-corrected chi connectivity index (χ0v) is 16.5. The molecule has 2 atom stereocenters. The van der Waals surface area contributed by atoms with Crippen LogP contribution in [0.1, 0.15) is 34.3 Å². The molecule has 0 aliphatic heterocycles. The molecule has 0 saturated carbocycles. The predicted octanol–water partition coefficient (Wildman–Crippen LogP) is 6.14. The van der Waals surface area contributed by atoms with E-state index in [0.29, 0.717) is 15.6 Å². The molecule has 3 aromatic rings. The molecule has 0 fully saturated rings. The van der Waals surface area contributed by atoms with Crippen molar-refractivity contribution in [2.24, 2.45) is 0 Å². The van der Waals surface area contributed by atoms with Crippen LogP contribution in [0.3, 0.4) is 0 Å². The van der Waals surface area contributed by atoms with Crippen LogP contribution in [0.2, 0.25) is 10.0 Å². The summed E-state index contributed by atoms with van der Waals surface area (Å²) in [4.78, 5) is 12.6. The average molecular weight is 398 g/mol. The molecule has 27 heavy (non-hydrogen) atoms. The lowest BCUT2D eigenvalue weighted by molar-refractivity contribution is 0.0934. The van der Waals surface area contributed by atoms with Crippen LogP contribution in [0.5, 0.6) is 0 Å². The van der Waals surface area contributed by atoms with Crippen LogP contribution in [0.25, 0.3) is 0 Å². The molecule has 4 heteroatoms. The van der Waals surface area contributed by atoms with E-state index in [-0.39, 0.29) is 17.9 Å². The first-order valence-electron chi connectivity index (χ1n) is 8.89. The van der Waals surface area contributed by atoms with Gasteiger partial charge in [0.05, 0.1) is 0 Å². The number of hydrogen-bond donors (Lipinski definition) is 1. The van der Waals surface area contributed by atoms with E-state index in [1.165, 1.54) is 5.56 Å². The normalized spacial score (nSPS) is 13.0. The van der Waals surface area contributed by atoms with E-state index in [0.717, 1.165) is 12.0 Å². The van der Waals surface area contributed by atoms with E-state index in [9.17, 15) is 4.79 Å². The number of carbonyl (C=O) groups excluding carboxylic acids is 1. The standard InChI is InChI=1S/C23H21Cl2NO/c1-16(26-23(27)19-5-3-2-4-6-19)22(18-9-13-21(25)14-10-18)15-17-7-11-20(24)12-8-17/h2-14,16,22H,15H2,1H3,(H,26,27)/t16?,22-/m0/s1. The van der Waals surface area contributed by atoms with E-state index >= 15 is 0 Å². The van der Waals surface area contributed by atoms with Gasteiger partial charge in [0.2, 0.25) is 0 Å². The molecule has 1 N–H and O–H groups in total. The monoisotopic (exact) mass is 397 g/mol. The smallest absolute Gasteiger partial charge is 0.251 e. The second kappa shape index (κ2) is 9.07. The lowest BCUT2D eigenvalue weighted by Gasteiger charge is -2.26. The fourth-order valence-electron chi connectivity index (χ4n) is 3.15. The summed E-state index contributed by atoms with van der Waals surface area (Å²) in [7, 11) is 0. The van der Waals surface area contributed by atoms with Crippen LogP contribution in [0.15, 0.2) is 78.9 Å². The van der Waals surface area contributed by atoms with Crippen LogP contribution < -0.4 is 5.32 Å². The van der Waals surface area contributed by atoms with Gasteiger partial charge in [0.1, 0.15) is 0 Å². The molecule has 1 amide bonds. The van der Waals surface area contributed by atoms with Crippen LogP contribution in [-0.2, 0) is 6.42 Å². The highest BCUT2D eigenvalue weighted by Gasteiger charge is 2.22. The Morgan fingerprint density at radius 3 is 2.00 bits per heavy atom. The minimum absolute atomic E-state index is 0.0606. The Morgan fingerprint density at radius 1 is 0.852 bits per heavy atom. The maximum absolute atomic E-state index is 12.6.